The van der Waals surface area contributed by atoms with Crippen LogP contribution in [-0.4, -0.2) is 42.0 Å². The van der Waals surface area contributed by atoms with E-state index < -0.39 is 0 Å². The molecule has 1 aromatic carbocycles. The minimum atomic E-state index is -0.104. The summed E-state index contributed by atoms with van der Waals surface area (Å²) in [6, 6.07) is 5.20. The molecule has 1 saturated heterocycles. The molecular weight excluding hydrogens is 353 g/mol. The van der Waals surface area contributed by atoms with Crippen LogP contribution in [0.4, 0.5) is 0 Å². The molecule has 19 heavy (non-hydrogen) atoms. The Labute approximate surface area is 130 Å². The summed E-state index contributed by atoms with van der Waals surface area (Å²) in [5.74, 6) is 0.354. The van der Waals surface area contributed by atoms with Gasteiger partial charge in [-0.2, -0.15) is 0 Å². The van der Waals surface area contributed by atoms with E-state index in [-0.39, 0.29) is 18.1 Å². The lowest BCUT2D eigenvalue weighted by atomic mass is 10.1. The molecule has 1 heterocycles. The molecule has 0 bridgehead atoms. The Morgan fingerprint density at radius 3 is 2.95 bits per heavy atom. The van der Waals surface area contributed by atoms with Gasteiger partial charge in [-0.1, -0.05) is 11.6 Å². The average molecular weight is 367 g/mol. The molecule has 0 radical (unpaired) electrons. The van der Waals surface area contributed by atoms with Crippen LogP contribution in [0.25, 0.3) is 0 Å². The zero-order valence-corrected chi connectivity index (χ0v) is 13.5. The molecule has 0 spiro atoms. The molecule has 6 heteroatoms. The second-order valence-electron chi connectivity index (χ2n) is 4.54. The zero-order chi connectivity index (χ0) is 14.0. The maximum Gasteiger partial charge on any atom is 0.255 e. The topological polar surface area (TPSA) is 29.5 Å². The van der Waals surface area contributed by atoms with E-state index in [4.69, 9.17) is 27.9 Å². The second kappa shape index (κ2) is 6.44. The van der Waals surface area contributed by atoms with Crippen LogP contribution < -0.4 is 0 Å². The van der Waals surface area contributed by atoms with E-state index in [1.165, 1.54) is 0 Å². The van der Waals surface area contributed by atoms with E-state index >= 15 is 0 Å². The number of alkyl halides is 1. The lowest BCUT2D eigenvalue weighted by Crippen LogP contribution is -2.51. The largest absolute Gasteiger partial charge is 0.373 e. The quantitative estimate of drug-likeness (QED) is 0.749. The van der Waals surface area contributed by atoms with Gasteiger partial charge in [0.25, 0.3) is 5.91 Å². The number of rotatable bonds is 2. The minimum Gasteiger partial charge on any atom is -0.373 e. The van der Waals surface area contributed by atoms with Crippen molar-refractivity contribution in [2.24, 2.45) is 0 Å². The van der Waals surface area contributed by atoms with Crippen LogP contribution in [0.2, 0.25) is 5.02 Å². The van der Waals surface area contributed by atoms with Gasteiger partial charge in [0.05, 0.1) is 30.2 Å². The summed E-state index contributed by atoms with van der Waals surface area (Å²) in [5, 5.41) is 0.595. The molecule has 1 fully saturated rings. The Kier molecular flexibility index (Phi) is 5.12. The number of hydrogen-bond donors (Lipinski definition) is 0. The number of halogens is 3. The van der Waals surface area contributed by atoms with Gasteiger partial charge in [0.2, 0.25) is 0 Å². The highest BCUT2D eigenvalue weighted by molar-refractivity contribution is 9.10. The van der Waals surface area contributed by atoms with Crippen molar-refractivity contribution in [3.05, 3.63) is 33.3 Å². The predicted octanol–water partition coefficient (Wildman–Crippen LogP) is 3.57. The van der Waals surface area contributed by atoms with Crippen molar-refractivity contribution < 1.29 is 9.53 Å². The molecule has 2 atom stereocenters. The molecule has 0 saturated carbocycles. The molecule has 1 aliphatic heterocycles. The standard InChI is InChI=1S/C13H14BrCl2NO2/c1-8-7-19-10(5-15)6-17(8)13(18)11-3-2-9(16)4-12(11)14/h2-4,8,10H,5-7H2,1H3. The molecule has 0 N–H and O–H groups in total. The van der Waals surface area contributed by atoms with Gasteiger partial charge in [-0.25, -0.2) is 0 Å². The maximum absolute atomic E-state index is 12.6. The highest BCUT2D eigenvalue weighted by atomic mass is 79.9. The number of morpholine rings is 1. The fourth-order valence-corrected chi connectivity index (χ4v) is 3.05. The third-order valence-electron chi connectivity index (χ3n) is 3.10. The number of benzene rings is 1. The van der Waals surface area contributed by atoms with Gasteiger partial charge in [0, 0.05) is 16.0 Å². The van der Waals surface area contributed by atoms with Crippen LogP contribution in [-0.2, 0) is 4.74 Å². The van der Waals surface area contributed by atoms with E-state index in [0.29, 0.717) is 34.1 Å². The number of amides is 1. The first kappa shape index (κ1) is 15.1. The van der Waals surface area contributed by atoms with E-state index in [0.717, 1.165) is 0 Å². The van der Waals surface area contributed by atoms with Crippen LogP contribution >= 0.6 is 39.1 Å². The first-order valence-electron chi connectivity index (χ1n) is 5.96. The predicted molar refractivity (Wildman–Crippen MR) is 80.1 cm³/mol. The lowest BCUT2D eigenvalue weighted by molar-refractivity contribution is -0.0372. The van der Waals surface area contributed by atoms with E-state index in [2.05, 4.69) is 15.9 Å². The molecule has 0 aliphatic carbocycles. The monoisotopic (exact) mass is 365 g/mol. The van der Waals surface area contributed by atoms with Gasteiger partial charge < -0.3 is 9.64 Å². The molecule has 1 aromatic rings. The summed E-state index contributed by atoms with van der Waals surface area (Å²) in [5.41, 5.74) is 0.603. The third-order valence-corrected chi connectivity index (χ3v) is 4.34. The van der Waals surface area contributed by atoms with E-state index in [1.807, 2.05) is 6.92 Å². The molecule has 1 aliphatic rings. The fraction of sp³-hybridized carbons (Fsp3) is 0.462. The van der Waals surface area contributed by atoms with Crippen LogP contribution in [0.1, 0.15) is 17.3 Å². The first-order valence-corrected chi connectivity index (χ1v) is 7.67. The zero-order valence-electron chi connectivity index (χ0n) is 10.4. The average Bonchev–Trinajstić information content (AvgIpc) is 2.38. The second-order valence-corrected chi connectivity index (χ2v) is 6.14. The minimum absolute atomic E-state index is 0.0329. The van der Waals surface area contributed by atoms with Crippen molar-refractivity contribution >= 4 is 45.0 Å². The van der Waals surface area contributed by atoms with Crippen molar-refractivity contribution in [2.75, 3.05) is 19.0 Å². The third kappa shape index (κ3) is 3.43. The van der Waals surface area contributed by atoms with Crippen molar-refractivity contribution in [2.45, 2.75) is 19.1 Å². The summed E-state index contributed by atoms with van der Waals surface area (Å²) in [4.78, 5) is 14.4. The van der Waals surface area contributed by atoms with Crippen LogP contribution in [0.3, 0.4) is 0 Å². The number of ether oxygens (including phenoxy) is 1. The summed E-state index contributed by atoms with van der Waals surface area (Å²) < 4.78 is 6.25. The van der Waals surface area contributed by atoms with Gasteiger partial charge in [-0.05, 0) is 41.1 Å². The number of nitrogens with zero attached hydrogens (tertiary/aromatic N) is 1. The van der Waals surface area contributed by atoms with Crippen molar-refractivity contribution in [3.63, 3.8) is 0 Å². The molecule has 3 nitrogen and oxygen atoms in total. The first-order chi connectivity index (χ1) is 9.02. The van der Waals surface area contributed by atoms with Crippen molar-refractivity contribution in [1.29, 1.82) is 0 Å². The molecule has 0 aromatic heterocycles. The Morgan fingerprint density at radius 1 is 1.58 bits per heavy atom. The fourth-order valence-electron chi connectivity index (χ4n) is 2.01. The Morgan fingerprint density at radius 2 is 2.32 bits per heavy atom. The summed E-state index contributed by atoms with van der Waals surface area (Å²) in [6.45, 7) is 2.99. The van der Waals surface area contributed by atoms with Gasteiger partial charge >= 0.3 is 0 Å². The highest BCUT2D eigenvalue weighted by Crippen LogP contribution is 2.25. The summed E-state index contributed by atoms with van der Waals surface area (Å²) in [7, 11) is 0. The van der Waals surface area contributed by atoms with Gasteiger partial charge in [0.1, 0.15) is 0 Å². The Balaban J connectivity index is 2.22. The molecule has 104 valence electrons. The molecular formula is C13H14BrCl2NO2. The SMILES string of the molecule is CC1COC(CCl)CN1C(=O)c1ccc(Cl)cc1Br. The van der Waals surface area contributed by atoms with Crippen molar-refractivity contribution in [3.8, 4) is 0 Å². The molecule has 2 unspecified atom stereocenters. The summed E-state index contributed by atoms with van der Waals surface area (Å²) >= 11 is 15.1. The number of carbonyl (C=O) groups is 1. The molecule has 2 rings (SSSR count). The van der Waals surface area contributed by atoms with Crippen LogP contribution in [0, 0.1) is 0 Å². The van der Waals surface area contributed by atoms with Gasteiger partial charge in [0.15, 0.2) is 0 Å². The van der Waals surface area contributed by atoms with Crippen LogP contribution in [0.5, 0.6) is 0 Å². The Hall–Kier alpha value is -0.290. The van der Waals surface area contributed by atoms with Crippen LogP contribution in [0.15, 0.2) is 22.7 Å². The highest BCUT2D eigenvalue weighted by Gasteiger charge is 2.30. The summed E-state index contributed by atoms with van der Waals surface area (Å²) in [6.07, 6.45) is -0.104. The maximum atomic E-state index is 12.6. The number of hydrogen-bond acceptors (Lipinski definition) is 2. The Bertz CT molecular complexity index is 484. The number of carbonyl (C=O) groups excluding carboxylic acids is 1. The van der Waals surface area contributed by atoms with Crippen molar-refractivity contribution in [1.82, 2.24) is 4.90 Å². The van der Waals surface area contributed by atoms with E-state index in [9.17, 15) is 4.79 Å². The lowest BCUT2D eigenvalue weighted by Gasteiger charge is -2.37. The normalized spacial score (nSPS) is 23.5. The van der Waals surface area contributed by atoms with E-state index in [1.54, 1.807) is 23.1 Å². The smallest absolute Gasteiger partial charge is 0.255 e. The molecule has 1 amide bonds. The van der Waals surface area contributed by atoms with Gasteiger partial charge in [-0.3, -0.25) is 4.79 Å². The van der Waals surface area contributed by atoms with Gasteiger partial charge in [-0.15, -0.1) is 11.6 Å².